The number of halogens is 3. The molecule has 0 fully saturated rings. The first-order valence-electron chi connectivity index (χ1n) is 7.91. The number of hydrogen-bond donors (Lipinski definition) is 0. The van der Waals surface area contributed by atoms with E-state index in [1.807, 2.05) is 25.1 Å². The molecule has 27 heavy (non-hydrogen) atoms. The van der Waals surface area contributed by atoms with Gasteiger partial charge in [0.05, 0.1) is 21.9 Å². The van der Waals surface area contributed by atoms with Crippen molar-refractivity contribution in [2.75, 3.05) is 5.75 Å². The molecular formula is C17H15F3N4O2S. The van der Waals surface area contributed by atoms with Crippen LogP contribution < -0.4 is 0 Å². The highest BCUT2D eigenvalue weighted by atomic mass is 32.2. The Labute approximate surface area is 153 Å². The van der Waals surface area contributed by atoms with E-state index in [0.717, 1.165) is 5.56 Å². The molecule has 0 atom stereocenters. The lowest BCUT2D eigenvalue weighted by atomic mass is 10.2. The smallest absolute Gasteiger partial charge is 0.251 e. The van der Waals surface area contributed by atoms with Crippen LogP contribution in [0.25, 0.3) is 17.2 Å². The van der Waals surface area contributed by atoms with E-state index in [9.17, 15) is 21.6 Å². The van der Waals surface area contributed by atoms with Crippen molar-refractivity contribution in [3.05, 3.63) is 54.0 Å². The van der Waals surface area contributed by atoms with E-state index in [-0.39, 0.29) is 17.3 Å². The van der Waals surface area contributed by atoms with Gasteiger partial charge in [0.25, 0.3) is 0 Å². The van der Waals surface area contributed by atoms with Crippen molar-refractivity contribution in [2.24, 2.45) is 0 Å². The molecule has 0 saturated heterocycles. The number of aromatic nitrogens is 4. The number of pyridine rings is 1. The second kappa shape index (κ2) is 6.76. The van der Waals surface area contributed by atoms with E-state index >= 15 is 0 Å². The molecule has 0 aliphatic carbocycles. The molecule has 0 spiro atoms. The number of nitrogens with zero attached hydrogens (tertiary/aromatic N) is 4. The molecular weight excluding hydrogens is 381 g/mol. The zero-order chi connectivity index (χ0) is 19.8. The Hall–Kier alpha value is -2.75. The number of benzene rings is 1. The first-order chi connectivity index (χ1) is 12.6. The monoisotopic (exact) mass is 396 g/mol. The van der Waals surface area contributed by atoms with Gasteiger partial charge in [-0.1, -0.05) is 19.1 Å². The molecule has 0 radical (unpaired) electrons. The molecule has 1 aromatic carbocycles. The van der Waals surface area contributed by atoms with Gasteiger partial charge in [-0.05, 0) is 30.7 Å². The summed E-state index contributed by atoms with van der Waals surface area (Å²) in [6.45, 7) is 3.24. The van der Waals surface area contributed by atoms with Gasteiger partial charge in [0.1, 0.15) is 12.0 Å². The van der Waals surface area contributed by atoms with Gasteiger partial charge in [0, 0.05) is 6.20 Å². The maximum Gasteiger partial charge on any atom is 0.417 e. The van der Waals surface area contributed by atoms with Gasteiger partial charge in [0.2, 0.25) is 5.82 Å². The van der Waals surface area contributed by atoms with Crippen LogP contribution in [0, 0.1) is 6.92 Å². The van der Waals surface area contributed by atoms with Crippen molar-refractivity contribution in [2.45, 2.75) is 24.9 Å². The SMILES string of the molecule is CCS(=O)(=O)c1cc(C(F)(F)F)cnc1-c1ncn(-c2cccc(C)c2)n1. The van der Waals surface area contributed by atoms with Crippen molar-refractivity contribution in [1.29, 1.82) is 0 Å². The molecule has 0 aliphatic rings. The maximum atomic E-state index is 13.0. The summed E-state index contributed by atoms with van der Waals surface area (Å²) >= 11 is 0. The number of hydrogen-bond acceptors (Lipinski definition) is 5. The highest BCUT2D eigenvalue weighted by molar-refractivity contribution is 7.91. The van der Waals surface area contributed by atoms with E-state index < -0.39 is 26.5 Å². The molecule has 0 aliphatic heterocycles. The Balaban J connectivity index is 2.15. The average molecular weight is 396 g/mol. The second-order valence-corrected chi connectivity index (χ2v) is 8.07. The Morgan fingerprint density at radius 3 is 2.52 bits per heavy atom. The number of rotatable bonds is 4. The molecule has 3 rings (SSSR count). The van der Waals surface area contributed by atoms with E-state index in [1.165, 1.54) is 17.9 Å². The lowest BCUT2D eigenvalue weighted by molar-refractivity contribution is -0.138. The van der Waals surface area contributed by atoms with Crippen LogP contribution >= 0.6 is 0 Å². The summed E-state index contributed by atoms with van der Waals surface area (Å²) in [6, 6.07) is 7.90. The minimum atomic E-state index is -4.71. The quantitative estimate of drug-likeness (QED) is 0.675. The molecule has 142 valence electrons. The number of aryl methyl sites for hydroxylation is 1. The van der Waals surface area contributed by atoms with E-state index in [1.54, 1.807) is 6.07 Å². The van der Waals surface area contributed by atoms with Crippen molar-refractivity contribution >= 4 is 9.84 Å². The summed E-state index contributed by atoms with van der Waals surface area (Å²) in [5.41, 5.74) is 0.305. The molecule has 0 N–H and O–H groups in total. The number of alkyl halides is 3. The van der Waals surface area contributed by atoms with Gasteiger partial charge in [-0.3, -0.25) is 4.98 Å². The Morgan fingerprint density at radius 1 is 1.15 bits per heavy atom. The molecule has 6 nitrogen and oxygen atoms in total. The molecule has 2 aromatic heterocycles. The van der Waals surface area contributed by atoms with Crippen molar-refractivity contribution in [3.8, 4) is 17.2 Å². The minimum Gasteiger partial charge on any atom is -0.251 e. The highest BCUT2D eigenvalue weighted by Gasteiger charge is 2.34. The lowest BCUT2D eigenvalue weighted by Gasteiger charge is -2.11. The van der Waals surface area contributed by atoms with Crippen LogP contribution in [0.4, 0.5) is 13.2 Å². The van der Waals surface area contributed by atoms with Crippen LogP contribution in [-0.2, 0) is 16.0 Å². The van der Waals surface area contributed by atoms with Gasteiger partial charge >= 0.3 is 6.18 Å². The third-order valence-electron chi connectivity index (χ3n) is 3.87. The lowest BCUT2D eigenvalue weighted by Crippen LogP contribution is -2.12. The van der Waals surface area contributed by atoms with E-state index in [0.29, 0.717) is 18.0 Å². The van der Waals surface area contributed by atoms with Crippen molar-refractivity contribution in [1.82, 2.24) is 19.7 Å². The summed E-state index contributed by atoms with van der Waals surface area (Å²) in [6.07, 6.45) is -2.78. The van der Waals surface area contributed by atoms with Crippen molar-refractivity contribution < 1.29 is 21.6 Å². The van der Waals surface area contributed by atoms with Gasteiger partial charge in [-0.15, -0.1) is 5.10 Å². The van der Waals surface area contributed by atoms with E-state index in [4.69, 9.17) is 0 Å². The van der Waals surface area contributed by atoms with Crippen LogP contribution in [0.1, 0.15) is 18.1 Å². The molecule has 10 heteroatoms. The summed E-state index contributed by atoms with van der Waals surface area (Å²) in [5, 5.41) is 4.19. The fourth-order valence-corrected chi connectivity index (χ4v) is 3.48. The molecule has 0 saturated carbocycles. The summed E-state index contributed by atoms with van der Waals surface area (Å²) < 4.78 is 65.0. The van der Waals surface area contributed by atoms with Gasteiger partial charge in [-0.2, -0.15) is 13.2 Å². The molecule has 0 amide bonds. The fourth-order valence-electron chi connectivity index (χ4n) is 2.43. The first kappa shape index (κ1) is 19.0. The van der Waals surface area contributed by atoms with Gasteiger partial charge < -0.3 is 0 Å². The first-order valence-corrected chi connectivity index (χ1v) is 9.56. The van der Waals surface area contributed by atoms with Crippen molar-refractivity contribution in [3.63, 3.8) is 0 Å². The molecule has 2 heterocycles. The van der Waals surface area contributed by atoms with Crippen LogP contribution in [-0.4, -0.2) is 33.9 Å². The topological polar surface area (TPSA) is 77.7 Å². The zero-order valence-corrected chi connectivity index (χ0v) is 15.2. The number of sulfone groups is 1. The van der Waals surface area contributed by atoms with Gasteiger partial charge in [0.15, 0.2) is 9.84 Å². The van der Waals surface area contributed by atoms with Crippen LogP contribution in [0.3, 0.4) is 0 Å². The van der Waals surface area contributed by atoms with Crippen LogP contribution in [0.2, 0.25) is 0 Å². The largest absolute Gasteiger partial charge is 0.417 e. The Kier molecular flexibility index (Phi) is 4.77. The average Bonchev–Trinajstić information content (AvgIpc) is 3.10. The molecule has 0 unspecified atom stereocenters. The molecule has 3 aromatic rings. The summed E-state index contributed by atoms with van der Waals surface area (Å²) in [5.74, 6) is -0.445. The third kappa shape index (κ3) is 3.85. The predicted octanol–water partition coefficient (Wildman–Crippen LogP) is 3.45. The van der Waals surface area contributed by atoms with Crippen LogP contribution in [0.5, 0.6) is 0 Å². The normalized spacial score (nSPS) is 12.3. The van der Waals surface area contributed by atoms with E-state index in [2.05, 4.69) is 15.1 Å². The Bertz CT molecular complexity index is 1090. The standard InChI is InChI=1S/C17H15F3N4O2S/c1-3-27(25,26)14-8-12(17(18,19)20)9-21-15(14)16-22-10-24(23-16)13-6-4-5-11(2)7-13/h4-10H,3H2,1-2H3. The predicted molar refractivity (Wildman–Crippen MR) is 92.1 cm³/mol. The third-order valence-corrected chi connectivity index (χ3v) is 5.61. The second-order valence-electron chi connectivity index (χ2n) is 5.82. The van der Waals surface area contributed by atoms with Gasteiger partial charge in [-0.25, -0.2) is 18.1 Å². The Morgan fingerprint density at radius 2 is 1.89 bits per heavy atom. The maximum absolute atomic E-state index is 13.0. The zero-order valence-electron chi connectivity index (χ0n) is 14.4. The summed E-state index contributed by atoms with van der Waals surface area (Å²) in [7, 11) is -3.97. The summed E-state index contributed by atoms with van der Waals surface area (Å²) in [4.78, 5) is 7.21. The minimum absolute atomic E-state index is 0.0720. The molecule has 0 bridgehead atoms. The highest BCUT2D eigenvalue weighted by Crippen LogP contribution is 2.33. The fraction of sp³-hybridized carbons (Fsp3) is 0.235. The van der Waals surface area contributed by atoms with Crippen LogP contribution in [0.15, 0.2) is 47.8 Å².